The molecule has 0 bridgehead atoms. The first kappa shape index (κ1) is 17.0. The fourth-order valence-corrected chi connectivity index (χ4v) is 3.94. The summed E-state index contributed by atoms with van der Waals surface area (Å²) in [5.41, 5.74) is 1.59. The van der Waals surface area contributed by atoms with E-state index in [-0.39, 0.29) is 5.56 Å². The van der Waals surface area contributed by atoms with Gasteiger partial charge in [0.25, 0.3) is 5.56 Å². The van der Waals surface area contributed by atoms with E-state index in [1.807, 2.05) is 43.3 Å². The van der Waals surface area contributed by atoms with Crippen LogP contribution < -0.4 is 10.3 Å². The van der Waals surface area contributed by atoms with Gasteiger partial charge in [0.1, 0.15) is 10.8 Å². The molecule has 0 amide bonds. The molecule has 0 atom stereocenters. The van der Waals surface area contributed by atoms with Crippen LogP contribution in [0.3, 0.4) is 0 Å². The molecule has 2 heterocycles. The summed E-state index contributed by atoms with van der Waals surface area (Å²) in [5, 5.41) is 6.59. The maximum absolute atomic E-state index is 12.5. The Morgan fingerprint density at radius 3 is 2.92 bits per heavy atom. The normalized spacial score (nSPS) is 11.3. The Bertz CT molecular complexity index is 1150. The van der Waals surface area contributed by atoms with Crippen LogP contribution in [0.25, 0.3) is 15.9 Å². The maximum atomic E-state index is 12.5. The molecule has 132 valence electrons. The van der Waals surface area contributed by atoms with Crippen LogP contribution in [0.5, 0.6) is 5.75 Å². The first-order valence-corrected chi connectivity index (χ1v) is 9.48. The molecule has 0 saturated carbocycles. The lowest BCUT2D eigenvalue weighted by atomic mass is 10.2. The number of benzene rings is 2. The predicted molar refractivity (Wildman–Crippen MR) is 105 cm³/mol. The van der Waals surface area contributed by atoms with E-state index < -0.39 is 0 Å². The average Bonchev–Trinajstić information content (AvgIpc) is 3.03. The molecule has 0 saturated heterocycles. The van der Waals surface area contributed by atoms with Crippen LogP contribution in [0.15, 0.2) is 47.3 Å². The first-order valence-electron chi connectivity index (χ1n) is 8.28. The SMILES string of the molecule is Cc1cc(Cl)ccc1OCCCc1nn2c(=O)c3ccccc3nc2s1. The number of aromatic nitrogens is 3. The van der Waals surface area contributed by atoms with Gasteiger partial charge in [-0.25, -0.2) is 4.98 Å². The molecule has 26 heavy (non-hydrogen) atoms. The third-order valence-corrected chi connectivity index (χ3v) is 5.28. The smallest absolute Gasteiger partial charge is 0.283 e. The Labute approximate surface area is 158 Å². The van der Waals surface area contributed by atoms with Crippen molar-refractivity contribution in [3.05, 3.63) is 68.4 Å². The van der Waals surface area contributed by atoms with Crippen molar-refractivity contribution in [2.75, 3.05) is 6.61 Å². The third kappa shape index (κ3) is 3.30. The molecule has 0 fully saturated rings. The Morgan fingerprint density at radius 2 is 2.08 bits per heavy atom. The van der Waals surface area contributed by atoms with E-state index in [0.29, 0.717) is 27.5 Å². The van der Waals surface area contributed by atoms with Gasteiger partial charge in [-0.2, -0.15) is 9.61 Å². The van der Waals surface area contributed by atoms with Crippen molar-refractivity contribution in [1.29, 1.82) is 0 Å². The van der Waals surface area contributed by atoms with Crippen molar-refractivity contribution >= 4 is 38.8 Å². The largest absolute Gasteiger partial charge is 0.493 e. The van der Waals surface area contributed by atoms with Gasteiger partial charge in [0.05, 0.1) is 17.5 Å². The second-order valence-corrected chi connectivity index (χ2v) is 7.46. The highest BCUT2D eigenvalue weighted by molar-refractivity contribution is 7.16. The minimum absolute atomic E-state index is 0.124. The molecular weight excluding hydrogens is 370 g/mol. The molecular formula is C19H16ClN3O2S. The predicted octanol–water partition coefficient (Wildman–Crippen LogP) is 4.28. The minimum atomic E-state index is -0.124. The number of hydrogen-bond acceptors (Lipinski definition) is 5. The van der Waals surface area contributed by atoms with E-state index in [1.54, 1.807) is 6.07 Å². The molecule has 5 nitrogen and oxygen atoms in total. The molecule has 4 aromatic rings. The van der Waals surface area contributed by atoms with Gasteiger partial charge in [-0.3, -0.25) is 4.79 Å². The van der Waals surface area contributed by atoms with Gasteiger partial charge >= 0.3 is 0 Å². The average molecular weight is 386 g/mol. The van der Waals surface area contributed by atoms with Gasteiger partial charge < -0.3 is 4.74 Å². The highest BCUT2D eigenvalue weighted by Crippen LogP contribution is 2.22. The Balaban J connectivity index is 1.47. The van der Waals surface area contributed by atoms with Crippen LogP contribution in [0, 0.1) is 6.92 Å². The fraction of sp³-hybridized carbons (Fsp3) is 0.211. The second-order valence-electron chi connectivity index (χ2n) is 5.99. The molecule has 0 aliphatic heterocycles. The Morgan fingerprint density at radius 1 is 1.23 bits per heavy atom. The van der Waals surface area contributed by atoms with Crippen molar-refractivity contribution in [3.8, 4) is 5.75 Å². The molecule has 0 aliphatic carbocycles. The number of rotatable bonds is 5. The molecule has 2 aromatic heterocycles. The van der Waals surface area contributed by atoms with Crippen LogP contribution in [0.2, 0.25) is 5.02 Å². The van der Waals surface area contributed by atoms with E-state index in [9.17, 15) is 4.79 Å². The first-order chi connectivity index (χ1) is 12.6. The number of para-hydroxylation sites is 1. The maximum Gasteiger partial charge on any atom is 0.283 e. The van der Waals surface area contributed by atoms with Gasteiger partial charge in [-0.1, -0.05) is 35.1 Å². The Kier molecular flexibility index (Phi) is 4.61. The van der Waals surface area contributed by atoms with Crippen molar-refractivity contribution in [2.24, 2.45) is 0 Å². The zero-order chi connectivity index (χ0) is 18.1. The van der Waals surface area contributed by atoms with Crippen LogP contribution >= 0.6 is 22.9 Å². The molecule has 7 heteroatoms. The van der Waals surface area contributed by atoms with Gasteiger partial charge in [0, 0.05) is 11.4 Å². The molecule has 0 N–H and O–H groups in total. The molecule has 0 radical (unpaired) electrons. The summed E-state index contributed by atoms with van der Waals surface area (Å²) in [6.45, 7) is 2.54. The lowest BCUT2D eigenvalue weighted by molar-refractivity contribution is 0.309. The van der Waals surface area contributed by atoms with Crippen LogP contribution in [-0.2, 0) is 6.42 Å². The van der Waals surface area contributed by atoms with Crippen LogP contribution in [-0.4, -0.2) is 21.2 Å². The second kappa shape index (κ2) is 7.05. The lowest BCUT2D eigenvalue weighted by Crippen LogP contribution is -2.15. The van der Waals surface area contributed by atoms with Gasteiger partial charge in [0.15, 0.2) is 0 Å². The number of ether oxygens (including phenoxy) is 1. The monoisotopic (exact) mass is 385 g/mol. The number of halogens is 1. The molecule has 0 spiro atoms. The summed E-state index contributed by atoms with van der Waals surface area (Å²) < 4.78 is 7.20. The van der Waals surface area contributed by atoms with Crippen molar-refractivity contribution in [2.45, 2.75) is 19.8 Å². The highest BCUT2D eigenvalue weighted by Gasteiger charge is 2.10. The van der Waals surface area contributed by atoms with E-state index in [2.05, 4.69) is 10.1 Å². The fourth-order valence-electron chi connectivity index (χ4n) is 2.78. The Hall–Kier alpha value is -2.44. The highest BCUT2D eigenvalue weighted by atomic mass is 35.5. The summed E-state index contributed by atoms with van der Waals surface area (Å²) in [6.07, 6.45) is 1.53. The summed E-state index contributed by atoms with van der Waals surface area (Å²) >= 11 is 7.40. The quantitative estimate of drug-likeness (QED) is 0.481. The summed E-state index contributed by atoms with van der Waals surface area (Å²) in [5.74, 6) is 0.836. The standard InChI is InChI=1S/C19H16ClN3O2S/c1-12-11-13(20)8-9-16(12)25-10-4-7-17-22-23-18(24)14-5-2-3-6-15(14)21-19(23)26-17/h2-3,5-6,8-9,11H,4,7,10H2,1H3. The van der Waals surface area contributed by atoms with E-state index in [1.165, 1.54) is 15.9 Å². The van der Waals surface area contributed by atoms with E-state index in [4.69, 9.17) is 16.3 Å². The minimum Gasteiger partial charge on any atom is -0.493 e. The topological polar surface area (TPSA) is 56.5 Å². The van der Waals surface area contributed by atoms with Crippen molar-refractivity contribution in [3.63, 3.8) is 0 Å². The van der Waals surface area contributed by atoms with Crippen molar-refractivity contribution in [1.82, 2.24) is 14.6 Å². The lowest BCUT2D eigenvalue weighted by Gasteiger charge is -2.08. The van der Waals surface area contributed by atoms with E-state index >= 15 is 0 Å². The zero-order valence-electron chi connectivity index (χ0n) is 14.1. The van der Waals surface area contributed by atoms with Crippen LogP contribution in [0.4, 0.5) is 0 Å². The number of nitrogens with zero attached hydrogens (tertiary/aromatic N) is 3. The number of hydrogen-bond donors (Lipinski definition) is 0. The molecule has 4 rings (SSSR count). The van der Waals surface area contributed by atoms with Crippen LogP contribution in [0.1, 0.15) is 17.0 Å². The van der Waals surface area contributed by atoms with Gasteiger partial charge in [-0.15, -0.1) is 0 Å². The molecule has 0 aliphatic rings. The third-order valence-electron chi connectivity index (χ3n) is 4.07. The van der Waals surface area contributed by atoms with Crippen molar-refractivity contribution < 1.29 is 4.74 Å². The number of fused-ring (bicyclic) bond motifs is 2. The van der Waals surface area contributed by atoms with E-state index in [0.717, 1.165) is 29.2 Å². The summed E-state index contributed by atoms with van der Waals surface area (Å²) in [4.78, 5) is 17.7. The molecule has 0 unspecified atom stereocenters. The molecule has 2 aromatic carbocycles. The van der Waals surface area contributed by atoms with Gasteiger partial charge in [-0.05, 0) is 49.2 Å². The van der Waals surface area contributed by atoms with Gasteiger partial charge in [0.2, 0.25) is 4.96 Å². The number of aryl methyl sites for hydroxylation is 2. The zero-order valence-corrected chi connectivity index (χ0v) is 15.7. The summed E-state index contributed by atoms with van der Waals surface area (Å²) in [6, 6.07) is 12.9. The summed E-state index contributed by atoms with van der Waals surface area (Å²) in [7, 11) is 0.